The van der Waals surface area contributed by atoms with E-state index in [1.807, 2.05) is 31.2 Å². The SMILES string of the molecule is CCNC(=O)CCNCc1c(Cl)oc2ccccc12. The van der Waals surface area contributed by atoms with Gasteiger partial charge in [-0.15, -0.1) is 0 Å². The van der Waals surface area contributed by atoms with Crippen LogP contribution in [0.15, 0.2) is 28.7 Å². The van der Waals surface area contributed by atoms with Crippen LogP contribution in [-0.2, 0) is 11.3 Å². The molecule has 4 nitrogen and oxygen atoms in total. The highest BCUT2D eigenvalue weighted by molar-refractivity contribution is 6.30. The largest absolute Gasteiger partial charge is 0.444 e. The first kappa shape index (κ1) is 13.9. The Morgan fingerprint density at radius 2 is 2.16 bits per heavy atom. The van der Waals surface area contributed by atoms with Crippen molar-refractivity contribution < 1.29 is 9.21 Å². The number of furan rings is 1. The third-order valence-corrected chi connectivity index (χ3v) is 3.16. The minimum atomic E-state index is 0.0538. The lowest BCUT2D eigenvalue weighted by molar-refractivity contribution is -0.120. The number of amides is 1. The Labute approximate surface area is 117 Å². The van der Waals surface area contributed by atoms with Crippen LogP contribution >= 0.6 is 11.6 Å². The summed E-state index contributed by atoms with van der Waals surface area (Å²) in [6, 6.07) is 7.73. The second kappa shape index (κ2) is 6.59. The van der Waals surface area contributed by atoms with Gasteiger partial charge in [0.05, 0.1) is 0 Å². The average Bonchev–Trinajstić information content (AvgIpc) is 2.71. The van der Waals surface area contributed by atoms with E-state index in [-0.39, 0.29) is 5.91 Å². The van der Waals surface area contributed by atoms with Crippen LogP contribution in [0.25, 0.3) is 11.0 Å². The molecule has 0 fully saturated rings. The van der Waals surface area contributed by atoms with E-state index in [1.165, 1.54) is 0 Å². The molecule has 5 heteroatoms. The van der Waals surface area contributed by atoms with Crippen LogP contribution in [0.1, 0.15) is 18.9 Å². The summed E-state index contributed by atoms with van der Waals surface area (Å²) in [6.45, 7) is 3.77. The van der Waals surface area contributed by atoms with E-state index in [9.17, 15) is 4.79 Å². The van der Waals surface area contributed by atoms with Crippen molar-refractivity contribution in [3.05, 3.63) is 35.0 Å². The van der Waals surface area contributed by atoms with E-state index >= 15 is 0 Å². The molecule has 0 atom stereocenters. The number of nitrogens with one attached hydrogen (secondary N) is 2. The van der Waals surface area contributed by atoms with Crippen LogP contribution < -0.4 is 10.6 Å². The first-order valence-electron chi connectivity index (χ1n) is 6.35. The van der Waals surface area contributed by atoms with E-state index in [1.54, 1.807) is 0 Å². The summed E-state index contributed by atoms with van der Waals surface area (Å²) in [5, 5.41) is 7.38. The molecule has 0 aliphatic carbocycles. The van der Waals surface area contributed by atoms with Crippen LogP contribution in [0.2, 0.25) is 5.22 Å². The maximum Gasteiger partial charge on any atom is 0.221 e. The zero-order valence-corrected chi connectivity index (χ0v) is 11.6. The van der Waals surface area contributed by atoms with E-state index in [0.29, 0.717) is 31.3 Å². The van der Waals surface area contributed by atoms with Gasteiger partial charge in [0.25, 0.3) is 0 Å². The lowest BCUT2D eigenvalue weighted by Crippen LogP contribution is -2.27. The predicted molar refractivity (Wildman–Crippen MR) is 76.2 cm³/mol. The van der Waals surface area contributed by atoms with Crippen LogP contribution in [0, 0.1) is 0 Å². The van der Waals surface area contributed by atoms with Crippen molar-refractivity contribution in [2.45, 2.75) is 19.9 Å². The molecular formula is C14H17ClN2O2. The minimum Gasteiger partial charge on any atom is -0.444 e. The Kier molecular flexibility index (Phi) is 4.82. The van der Waals surface area contributed by atoms with Gasteiger partial charge in [-0.25, -0.2) is 0 Å². The second-order valence-corrected chi connectivity index (χ2v) is 4.57. The summed E-state index contributed by atoms with van der Waals surface area (Å²) in [4.78, 5) is 11.3. The van der Waals surface area contributed by atoms with Crippen molar-refractivity contribution in [3.8, 4) is 0 Å². The Morgan fingerprint density at radius 3 is 2.95 bits per heavy atom. The summed E-state index contributed by atoms with van der Waals surface area (Å²) >= 11 is 6.07. The molecule has 0 aliphatic rings. The van der Waals surface area contributed by atoms with Crippen LogP contribution in [-0.4, -0.2) is 19.0 Å². The Hall–Kier alpha value is -1.52. The number of hydrogen-bond donors (Lipinski definition) is 2. The number of carbonyl (C=O) groups excluding carboxylic acids is 1. The van der Waals surface area contributed by atoms with Gasteiger partial charge in [0, 0.05) is 37.0 Å². The fraction of sp³-hybridized carbons (Fsp3) is 0.357. The van der Waals surface area contributed by atoms with Crippen molar-refractivity contribution in [2.24, 2.45) is 0 Å². The van der Waals surface area contributed by atoms with Gasteiger partial charge in [0.2, 0.25) is 5.91 Å². The molecular weight excluding hydrogens is 264 g/mol. The van der Waals surface area contributed by atoms with Gasteiger partial charge >= 0.3 is 0 Å². The molecule has 0 radical (unpaired) electrons. The molecule has 2 rings (SSSR count). The molecule has 102 valence electrons. The van der Waals surface area contributed by atoms with E-state index in [4.69, 9.17) is 16.0 Å². The maximum atomic E-state index is 11.3. The monoisotopic (exact) mass is 280 g/mol. The third-order valence-electron chi connectivity index (χ3n) is 2.85. The van der Waals surface area contributed by atoms with Gasteiger partial charge in [-0.2, -0.15) is 0 Å². The lowest BCUT2D eigenvalue weighted by atomic mass is 10.2. The molecule has 19 heavy (non-hydrogen) atoms. The molecule has 1 aromatic heterocycles. The topological polar surface area (TPSA) is 54.3 Å². The summed E-state index contributed by atoms with van der Waals surface area (Å²) in [5.74, 6) is 0.0538. The van der Waals surface area contributed by atoms with Gasteiger partial charge in [-0.3, -0.25) is 4.79 Å². The van der Waals surface area contributed by atoms with Crippen molar-refractivity contribution in [1.29, 1.82) is 0 Å². The molecule has 1 aromatic carbocycles. The molecule has 1 amide bonds. The quantitative estimate of drug-likeness (QED) is 0.800. The number of hydrogen-bond acceptors (Lipinski definition) is 3. The fourth-order valence-electron chi connectivity index (χ4n) is 1.93. The van der Waals surface area contributed by atoms with Crippen LogP contribution in [0.5, 0.6) is 0 Å². The average molecular weight is 281 g/mol. The lowest BCUT2D eigenvalue weighted by Gasteiger charge is -2.04. The zero-order chi connectivity index (χ0) is 13.7. The van der Waals surface area contributed by atoms with Crippen molar-refractivity contribution in [1.82, 2.24) is 10.6 Å². The standard InChI is InChI=1S/C14H17ClN2O2/c1-2-17-13(18)7-8-16-9-11-10-5-3-4-6-12(10)19-14(11)15/h3-6,16H,2,7-9H2,1H3,(H,17,18). The van der Waals surface area contributed by atoms with Crippen LogP contribution in [0.3, 0.4) is 0 Å². The predicted octanol–water partition coefficient (Wildman–Crippen LogP) is 2.70. The molecule has 2 N–H and O–H groups in total. The molecule has 2 aromatic rings. The molecule has 0 saturated heterocycles. The highest BCUT2D eigenvalue weighted by atomic mass is 35.5. The van der Waals surface area contributed by atoms with Crippen LogP contribution in [0.4, 0.5) is 0 Å². The summed E-state index contributed by atoms with van der Waals surface area (Å²) in [6.07, 6.45) is 0.460. The Morgan fingerprint density at radius 1 is 1.37 bits per heavy atom. The number of benzene rings is 1. The van der Waals surface area contributed by atoms with Crippen molar-refractivity contribution >= 4 is 28.5 Å². The number of rotatable bonds is 6. The smallest absolute Gasteiger partial charge is 0.221 e. The summed E-state index contributed by atoms with van der Waals surface area (Å²) in [5.41, 5.74) is 1.72. The normalized spacial score (nSPS) is 10.8. The maximum absolute atomic E-state index is 11.3. The first-order valence-corrected chi connectivity index (χ1v) is 6.73. The van der Waals surface area contributed by atoms with Gasteiger partial charge in [0.1, 0.15) is 5.58 Å². The molecule has 1 heterocycles. The highest BCUT2D eigenvalue weighted by Crippen LogP contribution is 2.29. The zero-order valence-electron chi connectivity index (χ0n) is 10.8. The molecule has 0 unspecified atom stereocenters. The first-order chi connectivity index (χ1) is 9.22. The van der Waals surface area contributed by atoms with Gasteiger partial charge in [0.15, 0.2) is 5.22 Å². The third kappa shape index (κ3) is 3.49. The van der Waals surface area contributed by atoms with E-state index in [2.05, 4.69) is 10.6 Å². The van der Waals surface area contributed by atoms with Gasteiger partial charge in [-0.05, 0) is 24.6 Å². The van der Waals surface area contributed by atoms with Crippen molar-refractivity contribution in [3.63, 3.8) is 0 Å². The van der Waals surface area contributed by atoms with E-state index < -0.39 is 0 Å². The number of carbonyl (C=O) groups is 1. The molecule has 0 aliphatic heterocycles. The molecule has 0 saturated carbocycles. The van der Waals surface area contributed by atoms with Gasteiger partial charge in [-0.1, -0.05) is 18.2 Å². The second-order valence-electron chi connectivity index (χ2n) is 4.23. The Bertz CT molecular complexity index is 566. The van der Waals surface area contributed by atoms with E-state index in [0.717, 1.165) is 16.5 Å². The summed E-state index contributed by atoms with van der Waals surface area (Å²) in [7, 11) is 0. The summed E-state index contributed by atoms with van der Waals surface area (Å²) < 4.78 is 5.46. The highest BCUT2D eigenvalue weighted by Gasteiger charge is 2.11. The molecule has 0 bridgehead atoms. The number of halogens is 1. The van der Waals surface area contributed by atoms with Crippen molar-refractivity contribution in [2.75, 3.05) is 13.1 Å². The number of para-hydroxylation sites is 1. The van der Waals surface area contributed by atoms with Gasteiger partial charge < -0.3 is 15.1 Å². The minimum absolute atomic E-state index is 0.0538. The fourth-order valence-corrected chi connectivity index (χ4v) is 2.19. The molecule has 0 spiro atoms. The number of fused-ring (bicyclic) bond motifs is 1. The Balaban J connectivity index is 1.91.